The van der Waals surface area contributed by atoms with Crippen molar-refractivity contribution in [2.75, 3.05) is 5.73 Å². The Balaban J connectivity index is 1.97. The minimum absolute atomic E-state index is 0.193. The fourth-order valence-electron chi connectivity index (χ4n) is 2.09. The molecule has 0 radical (unpaired) electrons. The Bertz CT molecular complexity index is 367. The van der Waals surface area contributed by atoms with Gasteiger partial charge in [-0.2, -0.15) is 0 Å². The van der Waals surface area contributed by atoms with E-state index in [0.717, 1.165) is 12.8 Å². The Labute approximate surface area is 82.0 Å². The molecule has 1 aliphatic heterocycles. The molecule has 2 atom stereocenters. The standard InChI is InChI=1S/C10H12N2O2/c11-6-4-9-10(12-5-6)14-8-3-1-2-7(8)13-9/h4-5,7-8H,1-3,11H2/t7-,8-/m1/s1. The number of aromatic nitrogens is 1. The molecule has 0 bridgehead atoms. The highest BCUT2D eigenvalue weighted by atomic mass is 16.6. The molecule has 2 N–H and O–H groups in total. The van der Waals surface area contributed by atoms with Crippen LogP contribution in [0.4, 0.5) is 5.69 Å². The van der Waals surface area contributed by atoms with E-state index in [1.165, 1.54) is 6.42 Å². The average Bonchev–Trinajstić information content (AvgIpc) is 2.61. The highest BCUT2D eigenvalue weighted by Gasteiger charge is 2.36. The van der Waals surface area contributed by atoms with E-state index in [4.69, 9.17) is 15.2 Å². The maximum Gasteiger partial charge on any atom is 0.257 e. The number of hydrogen-bond donors (Lipinski definition) is 1. The SMILES string of the molecule is Nc1cnc2c(c1)O[C@@H]1CCC[C@H]1O2. The van der Waals surface area contributed by atoms with Crippen LogP contribution in [0.1, 0.15) is 19.3 Å². The number of pyridine rings is 1. The van der Waals surface area contributed by atoms with E-state index in [0.29, 0.717) is 17.3 Å². The van der Waals surface area contributed by atoms with Crippen LogP contribution in [-0.2, 0) is 0 Å². The number of nitrogens with zero attached hydrogens (tertiary/aromatic N) is 1. The summed E-state index contributed by atoms with van der Waals surface area (Å²) in [4.78, 5) is 4.11. The van der Waals surface area contributed by atoms with Crippen molar-refractivity contribution in [3.63, 3.8) is 0 Å². The summed E-state index contributed by atoms with van der Waals surface area (Å²) >= 11 is 0. The van der Waals surface area contributed by atoms with E-state index >= 15 is 0 Å². The third kappa shape index (κ3) is 1.10. The lowest BCUT2D eigenvalue weighted by Gasteiger charge is -2.28. The molecule has 14 heavy (non-hydrogen) atoms. The minimum Gasteiger partial charge on any atom is -0.481 e. The predicted molar refractivity (Wildman–Crippen MR) is 51.3 cm³/mol. The molecule has 1 fully saturated rings. The summed E-state index contributed by atoms with van der Waals surface area (Å²) in [5.74, 6) is 1.27. The zero-order valence-corrected chi connectivity index (χ0v) is 7.77. The second-order valence-electron chi connectivity index (χ2n) is 3.82. The topological polar surface area (TPSA) is 57.4 Å². The van der Waals surface area contributed by atoms with Crippen molar-refractivity contribution in [3.05, 3.63) is 12.3 Å². The number of anilines is 1. The van der Waals surface area contributed by atoms with E-state index in [1.54, 1.807) is 12.3 Å². The van der Waals surface area contributed by atoms with Crippen LogP contribution in [0.5, 0.6) is 11.6 Å². The first-order chi connectivity index (χ1) is 6.83. The first-order valence-electron chi connectivity index (χ1n) is 4.92. The molecular formula is C10H12N2O2. The van der Waals surface area contributed by atoms with E-state index in [-0.39, 0.29) is 12.2 Å². The van der Waals surface area contributed by atoms with E-state index < -0.39 is 0 Å². The zero-order valence-electron chi connectivity index (χ0n) is 7.77. The van der Waals surface area contributed by atoms with Gasteiger partial charge >= 0.3 is 0 Å². The van der Waals surface area contributed by atoms with Gasteiger partial charge in [0.25, 0.3) is 5.88 Å². The Morgan fingerprint density at radius 1 is 1.29 bits per heavy atom. The molecule has 2 heterocycles. The van der Waals surface area contributed by atoms with Gasteiger partial charge in [-0.05, 0) is 19.3 Å². The molecule has 74 valence electrons. The van der Waals surface area contributed by atoms with Gasteiger partial charge in [-0.3, -0.25) is 0 Å². The normalized spacial score (nSPS) is 28.6. The lowest BCUT2D eigenvalue weighted by Crippen LogP contribution is -2.35. The molecule has 4 nitrogen and oxygen atoms in total. The molecule has 1 aromatic heterocycles. The first-order valence-corrected chi connectivity index (χ1v) is 4.92. The van der Waals surface area contributed by atoms with Gasteiger partial charge in [0, 0.05) is 6.07 Å². The summed E-state index contributed by atoms with van der Waals surface area (Å²) < 4.78 is 11.5. The second kappa shape index (κ2) is 2.77. The molecule has 2 aliphatic rings. The summed E-state index contributed by atoms with van der Waals surface area (Å²) in [6, 6.07) is 1.77. The molecule has 1 aliphatic carbocycles. The van der Waals surface area contributed by atoms with Crippen LogP contribution in [-0.4, -0.2) is 17.2 Å². The lowest BCUT2D eigenvalue weighted by molar-refractivity contribution is 0.0383. The van der Waals surface area contributed by atoms with Gasteiger partial charge in [0.15, 0.2) is 5.75 Å². The summed E-state index contributed by atoms with van der Waals surface area (Å²) in [6.45, 7) is 0. The molecule has 0 unspecified atom stereocenters. The molecule has 0 saturated heterocycles. The molecular weight excluding hydrogens is 180 g/mol. The first kappa shape index (κ1) is 7.91. The predicted octanol–water partition coefficient (Wildman–Crippen LogP) is 1.36. The Kier molecular flexibility index (Phi) is 1.56. The molecule has 4 heteroatoms. The van der Waals surface area contributed by atoms with E-state index in [9.17, 15) is 0 Å². The Hall–Kier alpha value is -1.45. The van der Waals surface area contributed by atoms with E-state index in [2.05, 4.69) is 4.98 Å². The summed E-state index contributed by atoms with van der Waals surface area (Å²) in [6.07, 6.45) is 5.29. The van der Waals surface area contributed by atoms with Gasteiger partial charge in [-0.25, -0.2) is 4.98 Å². The van der Waals surface area contributed by atoms with Crippen LogP contribution in [0.25, 0.3) is 0 Å². The van der Waals surface area contributed by atoms with Crippen LogP contribution >= 0.6 is 0 Å². The largest absolute Gasteiger partial charge is 0.481 e. The van der Waals surface area contributed by atoms with Gasteiger partial charge < -0.3 is 15.2 Å². The number of nitrogens with two attached hydrogens (primary N) is 1. The molecule has 1 saturated carbocycles. The van der Waals surface area contributed by atoms with Crippen molar-refractivity contribution in [3.8, 4) is 11.6 Å². The third-order valence-corrected chi connectivity index (χ3v) is 2.77. The number of hydrogen-bond acceptors (Lipinski definition) is 4. The fourth-order valence-corrected chi connectivity index (χ4v) is 2.09. The highest BCUT2D eigenvalue weighted by Crippen LogP contribution is 2.38. The monoisotopic (exact) mass is 192 g/mol. The third-order valence-electron chi connectivity index (χ3n) is 2.77. The van der Waals surface area contributed by atoms with Crippen molar-refractivity contribution in [1.82, 2.24) is 4.98 Å². The molecule has 0 aromatic carbocycles. The maximum atomic E-state index is 5.77. The van der Waals surface area contributed by atoms with Crippen LogP contribution in [0.15, 0.2) is 12.3 Å². The second-order valence-corrected chi connectivity index (χ2v) is 3.82. The number of nitrogen functional groups attached to an aromatic ring is 1. The quantitative estimate of drug-likeness (QED) is 0.674. The highest BCUT2D eigenvalue weighted by molar-refractivity contribution is 5.47. The fraction of sp³-hybridized carbons (Fsp3) is 0.500. The van der Waals surface area contributed by atoms with Crippen molar-refractivity contribution in [2.45, 2.75) is 31.5 Å². The number of ether oxygens (including phenoxy) is 2. The van der Waals surface area contributed by atoms with Crippen LogP contribution < -0.4 is 15.2 Å². The lowest BCUT2D eigenvalue weighted by atomic mass is 10.2. The number of rotatable bonds is 0. The van der Waals surface area contributed by atoms with Crippen LogP contribution in [0.2, 0.25) is 0 Å². The van der Waals surface area contributed by atoms with E-state index in [1.807, 2.05) is 0 Å². The maximum absolute atomic E-state index is 5.77. The van der Waals surface area contributed by atoms with Gasteiger partial charge in [-0.1, -0.05) is 0 Å². The van der Waals surface area contributed by atoms with Gasteiger partial charge in [0.05, 0.1) is 11.9 Å². The van der Waals surface area contributed by atoms with Crippen molar-refractivity contribution < 1.29 is 9.47 Å². The molecule has 3 rings (SSSR count). The van der Waals surface area contributed by atoms with Gasteiger partial charge in [0.2, 0.25) is 0 Å². The van der Waals surface area contributed by atoms with Crippen molar-refractivity contribution in [2.24, 2.45) is 0 Å². The van der Waals surface area contributed by atoms with Crippen LogP contribution in [0, 0.1) is 0 Å². The van der Waals surface area contributed by atoms with Gasteiger partial charge in [0.1, 0.15) is 12.2 Å². The number of fused-ring (bicyclic) bond motifs is 2. The van der Waals surface area contributed by atoms with Crippen molar-refractivity contribution >= 4 is 5.69 Å². The Morgan fingerprint density at radius 2 is 2.07 bits per heavy atom. The molecule has 0 amide bonds. The molecule has 0 spiro atoms. The smallest absolute Gasteiger partial charge is 0.257 e. The minimum atomic E-state index is 0.193. The van der Waals surface area contributed by atoms with Gasteiger partial charge in [-0.15, -0.1) is 0 Å². The van der Waals surface area contributed by atoms with Crippen molar-refractivity contribution in [1.29, 1.82) is 0 Å². The summed E-state index contributed by atoms with van der Waals surface area (Å²) in [5, 5.41) is 0. The average molecular weight is 192 g/mol. The Morgan fingerprint density at radius 3 is 2.93 bits per heavy atom. The summed E-state index contributed by atoms with van der Waals surface area (Å²) in [7, 11) is 0. The summed E-state index contributed by atoms with van der Waals surface area (Å²) in [5.41, 5.74) is 6.24. The van der Waals surface area contributed by atoms with Crippen LogP contribution in [0.3, 0.4) is 0 Å². The zero-order chi connectivity index (χ0) is 9.54. The molecule has 1 aromatic rings.